The molecule has 1 aromatic carbocycles. The zero-order valence-corrected chi connectivity index (χ0v) is 18.5. The number of anilines is 1. The van der Waals surface area contributed by atoms with Gasteiger partial charge in [-0.05, 0) is 18.6 Å². The Kier molecular flexibility index (Phi) is 7.95. The number of benzene rings is 1. The van der Waals surface area contributed by atoms with Crippen molar-refractivity contribution in [1.82, 2.24) is 15.6 Å². The van der Waals surface area contributed by atoms with E-state index in [9.17, 15) is 0 Å². The third kappa shape index (κ3) is 5.47. The summed E-state index contributed by atoms with van der Waals surface area (Å²) in [5, 5.41) is 9.71. The molecule has 8 heteroatoms. The molecule has 1 aliphatic heterocycles. The second-order valence-electron chi connectivity index (χ2n) is 6.14. The molecule has 1 aliphatic rings. The Balaban J connectivity index is 0.00000243. The summed E-state index contributed by atoms with van der Waals surface area (Å²) < 4.78 is 5.97. The molecule has 2 heterocycles. The number of hydrogen-bond donors (Lipinski definition) is 2. The smallest absolute Gasteiger partial charge is 0.191 e. The molecule has 6 nitrogen and oxygen atoms in total. The van der Waals surface area contributed by atoms with Gasteiger partial charge in [0, 0.05) is 32.4 Å². The average molecular weight is 487 g/mol. The summed E-state index contributed by atoms with van der Waals surface area (Å²) in [5.74, 6) is 1.79. The van der Waals surface area contributed by atoms with Crippen LogP contribution in [0, 0.1) is 0 Å². The minimum Gasteiger partial charge on any atom is -0.488 e. The van der Waals surface area contributed by atoms with E-state index in [-0.39, 0.29) is 30.1 Å². The second-order valence-corrected chi connectivity index (χ2v) is 6.98. The van der Waals surface area contributed by atoms with Gasteiger partial charge in [0.25, 0.3) is 0 Å². The van der Waals surface area contributed by atoms with Gasteiger partial charge < -0.3 is 20.3 Å². The average Bonchev–Trinajstić information content (AvgIpc) is 3.23. The predicted molar refractivity (Wildman–Crippen MR) is 119 cm³/mol. The molecule has 26 heavy (non-hydrogen) atoms. The van der Waals surface area contributed by atoms with Gasteiger partial charge in [0.1, 0.15) is 11.9 Å². The molecule has 142 valence electrons. The quantitative estimate of drug-likeness (QED) is 0.373. The Morgan fingerprint density at radius 1 is 1.35 bits per heavy atom. The SMILES string of the molecule is CCNC(=NCc1csc(N(C)C)n1)NCC1Cc2ccccc2O1.I. The number of nitrogens with one attached hydrogen (secondary N) is 2. The molecule has 0 bridgehead atoms. The molecule has 2 N–H and O–H groups in total. The number of nitrogens with zero attached hydrogens (tertiary/aromatic N) is 3. The minimum atomic E-state index is 0. The number of para-hydroxylation sites is 1. The van der Waals surface area contributed by atoms with Crippen LogP contribution in [0.4, 0.5) is 5.13 Å². The molecule has 3 rings (SSSR count). The van der Waals surface area contributed by atoms with Crippen LogP contribution in [0.25, 0.3) is 0 Å². The monoisotopic (exact) mass is 487 g/mol. The van der Waals surface area contributed by atoms with Crippen LogP contribution in [0.1, 0.15) is 18.2 Å². The van der Waals surface area contributed by atoms with Crippen molar-refractivity contribution in [3.8, 4) is 5.75 Å². The summed E-state index contributed by atoms with van der Waals surface area (Å²) in [6, 6.07) is 8.22. The molecule has 0 aliphatic carbocycles. The van der Waals surface area contributed by atoms with Crippen LogP contribution in [-0.2, 0) is 13.0 Å². The lowest BCUT2D eigenvalue weighted by atomic mass is 10.1. The van der Waals surface area contributed by atoms with Crippen molar-refractivity contribution in [3.05, 3.63) is 40.9 Å². The van der Waals surface area contributed by atoms with Crippen molar-refractivity contribution in [1.29, 1.82) is 0 Å². The molecular formula is C18H26IN5OS. The van der Waals surface area contributed by atoms with Gasteiger partial charge in [-0.25, -0.2) is 9.98 Å². The van der Waals surface area contributed by atoms with Gasteiger partial charge in [0.15, 0.2) is 11.1 Å². The first-order chi connectivity index (χ1) is 12.2. The molecule has 0 saturated carbocycles. The Morgan fingerprint density at radius 3 is 2.85 bits per heavy atom. The predicted octanol–water partition coefficient (Wildman–Crippen LogP) is 2.89. The number of rotatable bonds is 6. The van der Waals surface area contributed by atoms with E-state index >= 15 is 0 Å². The largest absolute Gasteiger partial charge is 0.488 e. The van der Waals surface area contributed by atoms with Crippen LogP contribution in [0.15, 0.2) is 34.6 Å². The Morgan fingerprint density at radius 2 is 2.15 bits per heavy atom. The molecule has 0 spiro atoms. The van der Waals surface area contributed by atoms with Crippen LogP contribution in [0.2, 0.25) is 0 Å². The summed E-state index contributed by atoms with van der Waals surface area (Å²) in [5.41, 5.74) is 2.25. The fourth-order valence-corrected chi connectivity index (χ4v) is 3.40. The summed E-state index contributed by atoms with van der Waals surface area (Å²) >= 11 is 1.63. The van der Waals surface area contributed by atoms with Gasteiger partial charge in [0.05, 0.1) is 18.8 Å². The second kappa shape index (κ2) is 9.96. The van der Waals surface area contributed by atoms with Crippen molar-refractivity contribution >= 4 is 46.4 Å². The Hall–Kier alpha value is -1.55. The van der Waals surface area contributed by atoms with Gasteiger partial charge in [-0.3, -0.25) is 0 Å². The van der Waals surface area contributed by atoms with Crippen LogP contribution in [-0.4, -0.2) is 44.2 Å². The fraction of sp³-hybridized carbons (Fsp3) is 0.444. The molecule has 2 aromatic rings. The van der Waals surface area contributed by atoms with Crippen LogP contribution >= 0.6 is 35.3 Å². The third-order valence-corrected chi connectivity index (χ3v) is 4.93. The lowest BCUT2D eigenvalue weighted by molar-refractivity contribution is 0.235. The maximum absolute atomic E-state index is 5.97. The van der Waals surface area contributed by atoms with Crippen molar-refractivity contribution in [3.63, 3.8) is 0 Å². The van der Waals surface area contributed by atoms with E-state index in [4.69, 9.17) is 4.74 Å². The summed E-state index contributed by atoms with van der Waals surface area (Å²) in [6.45, 7) is 4.16. The number of aliphatic imine (C=N–C) groups is 1. The van der Waals surface area contributed by atoms with Crippen molar-refractivity contribution < 1.29 is 4.74 Å². The van der Waals surface area contributed by atoms with Gasteiger partial charge in [-0.15, -0.1) is 35.3 Å². The molecule has 0 amide bonds. The Labute approximate surface area is 176 Å². The highest BCUT2D eigenvalue weighted by Crippen LogP contribution is 2.27. The number of aromatic nitrogens is 1. The zero-order valence-electron chi connectivity index (χ0n) is 15.4. The molecule has 1 aromatic heterocycles. The minimum absolute atomic E-state index is 0. The van der Waals surface area contributed by atoms with Gasteiger partial charge >= 0.3 is 0 Å². The number of fused-ring (bicyclic) bond motifs is 1. The number of ether oxygens (including phenoxy) is 1. The first kappa shape index (κ1) is 20.8. The van der Waals surface area contributed by atoms with Gasteiger partial charge in [0.2, 0.25) is 0 Å². The number of hydrogen-bond acceptors (Lipinski definition) is 5. The molecule has 1 atom stereocenters. The highest BCUT2D eigenvalue weighted by Gasteiger charge is 2.22. The highest BCUT2D eigenvalue weighted by atomic mass is 127. The molecule has 1 unspecified atom stereocenters. The summed E-state index contributed by atoms with van der Waals surface area (Å²) in [4.78, 5) is 11.2. The van der Waals surface area contributed by atoms with E-state index < -0.39 is 0 Å². The molecule has 0 saturated heterocycles. The van der Waals surface area contributed by atoms with E-state index in [1.54, 1.807) is 11.3 Å². The lowest BCUT2D eigenvalue weighted by Crippen LogP contribution is -2.42. The van der Waals surface area contributed by atoms with E-state index in [0.717, 1.165) is 42.0 Å². The first-order valence-electron chi connectivity index (χ1n) is 8.54. The molecule has 0 fully saturated rings. The standard InChI is InChI=1S/C18H25N5OS.HI/c1-4-19-17(20-10-14-12-25-18(22-14)23(2)3)21-11-15-9-13-7-5-6-8-16(13)24-15;/h5-8,12,15H,4,9-11H2,1-3H3,(H2,19,20,21);1H. The van der Waals surface area contributed by atoms with E-state index in [1.165, 1.54) is 5.56 Å². The fourth-order valence-electron chi connectivity index (χ4n) is 2.65. The van der Waals surface area contributed by atoms with Crippen molar-refractivity contribution in [2.75, 3.05) is 32.1 Å². The van der Waals surface area contributed by atoms with Crippen LogP contribution in [0.3, 0.4) is 0 Å². The maximum Gasteiger partial charge on any atom is 0.191 e. The summed E-state index contributed by atoms with van der Waals surface area (Å²) in [7, 11) is 3.99. The van der Waals surface area contributed by atoms with E-state index in [1.807, 2.05) is 31.1 Å². The Bertz CT molecular complexity index is 709. The van der Waals surface area contributed by atoms with Crippen molar-refractivity contribution in [2.45, 2.75) is 26.0 Å². The van der Waals surface area contributed by atoms with Crippen molar-refractivity contribution in [2.24, 2.45) is 4.99 Å². The zero-order chi connectivity index (χ0) is 17.6. The molecular weight excluding hydrogens is 461 g/mol. The number of thiazole rings is 1. The molecule has 0 radical (unpaired) electrons. The van der Waals surface area contributed by atoms with Crippen LogP contribution in [0.5, 0.6) is 5.75 Å². The lowest BCUT2D eigenvalue weighted by Gasteiger charge is -2.15. The first-order valence-corrected chi connectivity index (χ1v) is 9.42. The van der Waals surface area contributed by atoms with Gasteiger partial charge in [-0.2, -0.15) is 0 Å². The number of guanidine groups is 1. The normalized spacial score (nSPS) is 15.7. The summed E-state index contributed by atoms with van der Waals surface area (Å²) in [6.07, 6.45) is 1.07. The van der Waals surface area contributed by atoms with Gasteiger partial charge in [-0.1, -0.05) is 18.2 Å². The van der Waals surface area contributed by atoms with E-state index in [0.29, 0.717) is 6.54 Å². The number of halogens is 1. The highest BCUT2D eigenvalue weighted by molar-refractivity contribution is 14.0. The third-order valence-electron chi connectivity index (χ3n) is 3.88. The van der Waals surface area contributed by atoms with Crippen LogP contribution < -0.4 is 20.3 Å². The maximum atomic E-state index is 5.97. The van der Waals surface area contributed by atoms with E-state index in [2.05, 4.69) is 45.0 Å². The topological polar surface area (TPSA) is 61.8 Å².